The van der Waals surface area contributed by atoms with Crippen molar-refractivity contribution in [3.8, 4) is 0 Å². The minimum Gasteiger partial charge on any atom is -0.375 e. The summed E-state index contributed by atoms with van der Waals surface area (Å²) in [6.45, 7) is 0. The average molecular weight is 245 g/mol. The van der Waals surface area contributed by atoms with Gasteiger partial charge in [-0.25, -0.2) is 4.98 Å². The molecule has 86 valence electrons. The predicted molar refractivity (Wildman–Crippen MR) is 68.1 cm³/mol. The van der Waals surface area contributed by atoms with Crippen LogP contribution in [0.3, 0.4) is 0 Å². The molecule has 0 unspecified atom stereocenters. The molecule has 5 heteroatoms. The summed E-state index contributed by atoms with van der Waals surface area (Å²) in [5.74, 6) is 0.698. The van der Waals surface area contributed by atoms with E-state index in [9.17, 15) is 4.79 Å². The van der Waals surface area contributed by atoms with Gasteiger partial charge in [0.15, 0.2) is 5.13 Å². The highest BCUT2D eigenvalue weighted by Gasteiger charge is 2.29. The molecule has 1 atom stereocenters. The molecule has 17 heavy (non-hydrogen) atoms. The van der Waals surface area contributed by atoms with Gasteiger partial charge in [0.2, 0.25) is 5.91 Å². The Hall–Kier alpha value is -1.88. The van der Waals surface area contributed by atoms with E-state index in [1.54, 1.807) is 0 Å². The van der Waals surface area contributed by atoms with Gasteiger partial charge in [0.05, 0.1) is 4.88 Å². The van der Waals surface area contributed by atoms with E-state index in [0.717, 1.165) is 10.4 Å². The Bertz CT molecular complexity index is 564. The van der Waals surface area contributed by atoms with Crippen molar-refractivity contribution in [1.29, 1.82) is 0 Å². The molecule has 3 N–H and O–H groups in total. The van der Waals surface area contributed by atoms with Gasteiger partial charge in [-0.1, -0.05) is 41.7 Å². The summed E-state index contributed by atoms with van der Waals surface area (Å²) in [7, 11) is 0. The Labute approximate surface area is 102 Å². The lowest BCUT2D eigenvalue weighted by Gasteiger charge is -2.21. The number of anilines is 2. The van der Waals surface area contributed by atoms with Crippen LogP contribution in [0.1, 0.15) is 22.8 Å². The molecule has 1 aromatic heterocycles. The lowest BCUT2D eigenvalue weighted by Crippen LogP contribution is -2.22. The fourth-order valence-electron chi connectivity index (χ4n) is 2.09. The Kier molecular flexibility index (Phi) is 2.33. The highest BCUT2D eigenvalue weighted by molar-refractivity contribution is 7.16. The molecular formula is C12H11N3OS. The zero-order valence-corrected chi connectivity index (χ0v) is 9.83. The number of rotatable bonds is 1. The van der Waals surface area contributed by atoms with Gasteiger partial charge in [-0.3, -0.25) is 4.79 Å². The van der Waals surface area contributed by atoms with Crippen LogP contribution in [0.25, 0.3) is 0 Å². The summed E-state index contributed by atoms with van der Waals surface area (Å²) < 4.78 is 0. The average Bonchev–Trinajstić information content (AvgIpc) is 2.69. The Balaban J connectivity index is 2.09. The maximum Gasteiger partial charge on any atom is 0.226 e. The van der Waals surface area contributed by atoms with Crippen LogP contribution in [-0.4, -0.2) is 10.9 Å². The normalized spacial score (nSPS) is 18.6. The highest BCUT2D eigenvalue weighted by Crippen LogP contribution is 2.41. The molecule has 2 heterocycles. The van der Waals surface area contributed by atoms with E-state index in [-0.39, 0.29) is 11.8 Å². The van der Waals surface area contributed by atoms with Crippen LogP contribution in [0.5, 0.6) is 0 Å². The van der Waals surface area contributed by atoms with Crippen molar-refractivity contribution in [3.63, 3.8) is 0 Å². The van der Waals surface area contributed by atoms with Gasteiger partial charge in [-0.15, -0.1) is 0 Å². The third-order valence-electron chi connectivity index (χ3n) is 2.84. The fourth-order valence-corrected chi connectivity index (χ4v) is 3.01. The number of nitrogen functional groups attached to an aromatic ring is 1. The molecule has 2 aromatic rings. The zero-order valence-electron chi connectivity index (χ0n) is 9.01. The molecule has 1 aromatic carbocycles. The molecule has 4 nitrogen and oxygen atoms in total. The first kappa shape index (κ1) is 10.3. The van der Waals surface area contributed by atoms with Crippen molar-refractivity contribution in [2.75, 3.05) is 11.1 Å². The highest BCUT2D eigenvalue weighted by atomic mass is 32.1. The molecule has 1 aliphatic heterocycles. The summed E-state index contributed by atoms with van der Waals surface area (Å²) in [5.41, 5.74) is 6.83. The van der Waals surface area contributed by atoms with Gasteiger partial charge < -0.3 is 11.1 Å². The maximum absolute atomic E-state index is 11.6. The van der Waals surface area contributed by atoms with E-state index in [1.807, 2.05) is 30.3 Å². The lowest BCUT2D eigenvalue weighted by molar-refractivity contribution is -0.116. The smallest absolute Gasteiger partial charge is 0.226 e. The number of fused-ring (bicyclic) bond motifs is 1. The molecule has 0 radical (unpaired) electrons. The van der Waals surface area contributed by atoms with Gasteiger partial charge >= 0.3 is 0 Å². The van der Waals surface area contributed by atoms with Crippen molar-refractivity contribution in [3.05, 3.63) is 40.8 Å². The summed E-state index contributed by atoms with van der Waals surface area (Å²) in [4.78, 5) is 16.8. The Morgan fingerprint density at radius 3 is 2.88 bits per heavy atom. The summed E-state index contributed by atoms with van der Waals surface area (Å²) >= 11 is 1.45. The number of carbonyl (C=O) groups excluding carboxylic acids is 1. The summed E-state index contributed by atoms with van der Waals surface area (Å²) in [6.07, 6.45) is 0.457. The third kappa shape index (κ3) is 1.78. The van der Waals surface area contributed by atoms with Gasteiger partial charge in [0, 0.05) is 12.3 Å². The van der Waals surface area contributed by atoms with Crippen LogP contribution >= 0.6 is 11.3 Å². The third-order valence-corrected chi connectivity index (χ3v) is 3.83. The van der Waals surface area contributed by atoms with Crippen molar-refractivity contribution < 1.29 is 4.79 Å². The first-order valence-electron chi connectivity index (χ1n) is 5.35. The fraction of sp³-hybridized carbons (Fsp3) is 0.167. The second-order valence-corrected chi connectivity index (χ2v) is 5.04. The van der Waals surface area contributed by atoms with Crippen LogP contribution in [0.4, 0.5) is 10.9 Å². The first-order valence-corrected chi connectivity index (χ1v) is 6.16. The number of nitrogens with one attached hydrogen (secondary N) is 1. The van der Waals surface area contributed by atoms with E-state index in [2.05, 4.69) is 10.3 Å². The molecule has 3 rings (SSSR count). The first-order chi connectivity index (χ1) is 8.24. The van der Waals surface area contributed by atoms with Gasteiger partial charge in [0.25, 0.3) is 0 Å². The number of aromatic nitrogens is 1. The van der Waals surface area contributed by atoms with Crippen molar-refractivity contribution in [2.24, 2.45) is 0 Å². The molecule has 0 aliphatic carbocycles. The zero-order chi connectivity index (χ0) is 11.8. The molecule has 0 bridgehead atoms. The van der Waals surface area contributed by atoms with Crippen molar-refractivity contribution >= 4 is 28.2 Å². The van der Waals surface area contributed by atoms with Crippen LogP contribution in [0.2, 0.25) is 0 Å². The lowest BCUT2D eigenvalue weighted by atomic mass is 9.92. The van der Waals surface area contributed by atoms with E-state index in [0.29, 0.717) is 17.4 Å². The van der Waals surface area contributed by atoms with E-state index in [1.165, 1.54) is 11.3 Å². The molecule has 0 fully saturated rings. The number of amides is 1. The number of thiazole rings is 1. The van der Waals surface area contributed by atoms with Gasteiger partial charge in [0.1, 0.15) is 5.82 Å². The van der Waals surface area contributed by atoms with Crippen LogP contribution < -0.4 is 11.1 Å². The minimum absolute atomic E-state index is 0.00310. The SMILES string of the molecule is Nc1nc2c(s1)[C@@H](c1ccccc1)CC(=O)N2. The summed E-state index contributed by atoms with van der Waals surface area (Å²) in [5, 5.41) is 3.26. The number of hydrogen-bond acceptors (Lipinski definition) is 4. The standard InChI is InChI=1S/C12H11N3OS/c13-12-15-11-10(17-12)8(6-9(16)14-11)7-4-2-1-3-5-7/h1-5,8H,6H2,(H2,13,15)(H,14,16)/t8-/m1/s1. The second kappa shape index (κ2) is 3.85. The maximum atomic E-state index is 11.6. The number of nitrogens with zero attached hydrogens (tertiary/aromatic N) is 1. The Morgan fingerprint density at radius 2 is 2.12 bits per heavy atom. The number of carbonyl (C=O) groups is 1. The summed E-state index contributed by atoms with van der Waals surface area (Å²) in [6, 6.07) is 9.98. The quantitative estimate of drug-likeness (QED) is 0.809. The Morgan fingerprint density at radius 1 is 1.35 bits per heavy atom. The van der Waals surface area contributed by atoms with E-state index in [4.69, 9.17) is 5.73 Å². The second-order valence-electron chi connectivity index (χ2n) is 3.98. The van der Waals surface area contributed by atoms with E-state index < -0.39 is 0 Å². The molecule has 1 amide bonds. The molecule has 0 saturated heterocycles. The molecule has 1 aliphatic rings. The van der Waals surface area contributed by atoms with Crippen LogP contribution in [-0.2, 0) is 4.79 Å². The molecule has 0 spiro atoms. The van der Waals surface area contributed by atoms with Crippen LogP contribution in [0, 0.1) is 0 Å². The number of hydrogen-bond donors (Lipinski definition) is 2. The van der Waals surface area contributed by atoms with Gasteiger partial charge in [-0.05, 0) is 5.56 Å². The van der Waals surface area contributed by atoms with Crippen molar-refractivity contribution in [2.45, 2.75) is 12.3 Å². The monoisotopic (exact) mass is 245 g/mol. The topological polar surface area (TPSA) is 68.0 Å². The van der Waals surface area contributed by atoms with Crippen LogP contribution in [0.15, 0.2) is 30.3 Å². The molecule has 0 saturated carbocycles. The number of nitrogens with two attached hydrogens (primary N) is 1. The molecular weight excluding hydrogens is 234 g/mol. The van der Waals surface area contributed by atoms with Crippen molar-refractivity contribution in [1.82, 2.24) is 4.98 Å². The van der Waals surface area contributed by atoms with E-state index >= 15 is 0 Å². The predicted octanol–water partition coefficient (Wildman–Crippen LogP) is 2.20. The minimum atomic E-state index is -0.00310. The van der Waals surface area contributed by atoms with Gasteiger partial charge in [-0.2, -0.15) is 0 Å². The number of benzene rings is 1. The largest absolute Gasteiger partial charge is 0.375 e.